The summed E-state index contributed by atoms with van der Waals surface area (Å²) >= 11 is 1.79. The molecule has 1 aromatic carbocycles. The number of furan rings is 1. The van der Waals surface area contributed by atoms with Crippen LogP contribution in [0.1, 0.15) is 12.8 Å². The van der Waals surface area contributed by atoms with Crippen LogP contribution in [0.5, 0.6) is 0 Å². The van der Waals surface area contributed by atoms with Gasteiger partial charge < -0.3 is 19.2 Å². The Morgan fingerprint density at radius 2 is 1.85 bits per heavy atom. The Hall–Kier alpha value is -3.59. The van der Waals surface area contributed by atoms with Gasteiger partial charge in [0.25, 0.3) is 0 Å². The first-order valence-corrected chi connectivity index (χ1v) is 12.5. The van der Waals surface area contributed by atoms with E-state index in [4.69, 9.17) is 9.40 Å². The summed E-state index contributed by atoms with van der Waals surface area (Å²) < 4.78 is 7.57. The summed E-state index contributed by atoms with van der Waals surface area (Å²) in [5, 5.41) is 12.8. The average molecular weight is 473 g/mol. The van der Waals surface area contributed by atoms with Crippen LogP contribution < -0.4 is 10.2 Å². The summed E-state index contributed by atoms with van der Waals surface area (Å²) in [5.74, 6) is 2.68. The van der Waals surface area contributed by atoms with Crippen LogP contribution in [0.3, 0.4) is 0 Å². The molecule has 9 heteroatoms. The van der Waals surface area contributed by atoms with Gasteiger partial charge in [-0.3, -0.25) is 4.79 Å². The number of rotatable bonds is 5. The number of fused-ring (bicyclic) bond motifs is 1. The fourth-order valence-corrected chi connectivity index (χ4v) is 5.38. The Balaban J connectivity index is 1.03. The van der Waals surface area contributed by atoms with Crippen molar-refractivity contribution in [3.8, 4) is 22.7 Å². The van der Waals surface area contributed by atoms with Gasteiger partial charge in [-0.2, -0.15) is 0 Å². The van der Waals surface area contributed by atoms with Crippen LogP contribution in [0.2, 0.25) is 0 Å². The maximum atomic E-state index is 12.8. The number of piperidine rings is 1. The zero-order chi connectivity index (χ0) is 22.9. The molecular weight excluding hydrogens is 448 g/mol. The van der Waals surface area contributed by atoms with Crippen LogP contribution in [0.25, 0.3) is 22.7 Å². The molecule has 0 bridgehead atoms. The summed E-state index contributed by atoms with van der Waals surface area (Å²) in [6, 6.07) is 15.5. The number of carbonyl (C=O) groups excluding carboxylic acids is 1. The molecule has 1 saturated heterocycles. The average Bonchev–Trinajstić information content (AvgIpc) is 3.63. The zero-order valence-electron chi connectivity index (χ0n) is 18.6. The smallest absolute Gasteiger partial charge is 0.227 e. The third-order valence-electron chi connectivity index (χ3n) is 6.37. The normalized spacial score (nSPS) is 15.9. The third kappa shape index (κ3) is 4.19. The van der Waals surface area contributed by atoms with Crippen molar-refractivity contribution in [3.63, 3.8) is 0 Å². The molecule has 1 N–H and O–H groups in total. The Bertz CT molecular complexity index is 1250. The fraction of sp³-hybridized carbons (Fsp3) is 0.280. The topological polar surface area (TPSA) is 89.1 Å². The van der Waals surface area contributed by atoms with Gasteiger partial charge in [0.15, 0.2) is 16.7 Å². The van der Waals surface area contributed by atoms with E-state index in [-0.39, 0.29) is 11.8 Å². The van der Waals surface area contributed by atoms with Gasteiger partial charge in [0.1, 0.15) is 5.69 Å². The summed E-state index contributed by atoms with van der Waals surface area (Å²) in [5.41, 5.74) is 3.57. The van der Waals surface area contributed by atoms with Gasteiger partial charge in [0, 0.05) is 48.8 Å². The number of amides is 1. The van der Waals surface area contributed by atoms with Gasteiger partial charge >= 0.3 is 0 Å². The first-order chi connectivity index (χ1) is 16.7. The molecule has 2 aliphatic heterocycles. The van der Waals surface area contributed by atoms with E-state index in [2.05, 4.69) is 31.2 Å². The van der Waals surface area contributed by atoms with Crippen LogP contribution in [0, 0.1) is 5.92 Å². The highest BCUT2D eigenvalue weighted by Crippen LogP contribution is 2.30. The molecule has 0 aliphatic carbocycles. The van der Waals surface area contributed by atoms with Crippen LogP contribution in [0.4, 0.5) is 11.5 Å². The highest BCUT2D eigenvalue weighted by Gasteiger charge is 2.26. The van der Waals surface area contributed by atoms with Gasteiger partial charge in [-0.05, 0) is 49.2 Å². The van der Waals surface area contributed by atoms with Crippen molar-refractivity contribution in [3.05, 3.63) is 61.0 Å². The van der Waals surface area contributed by atoms with E-state index in [0.717, 1.165) is 66.1 Å². The molecule has 0 atom stereocenters. The van der Waals surface area contributed by atoms with E-state index < -0.39 is 0 Å². The van der Waals surface area contributed by atoms with Crippen molar-refractivity contribution in [2.75, 3.05) is 29.1 Å². The Kier molecular flexibility index (Phi) is 5.54. The highest BCUT2D eigenvalue weighted by atomic mass is 32.2. The van der Waals surface area contributed by atoms with Gasteiger partial charge in [-0.1, -0.05) is 23.9 Å². The molecule has 0 spiro atoms. The fourth-order valence-electron chi connectivity index (χ4n) is 4.44. The van der Waals surface area contributed by atoms with Crippen LogP contribution in [-0.2, 0) is 11.3 Å². The van der Waals surface area contributed by atoms with E-state index in [0.29, 0.717) is 11.5 Å². The van der Waals surface area contributed by atoms with Crippen molar-refractivity contribution >= 4 is 29.2 Å². The Morgan fingerprint density at radius 1 is 1.00 bits per heavy atom. The SMILES string of the molecule is O=C(Nc1ccc(-c2cn3c(n2)SCC3)cc1)C1CCN(c2ccc(-c3ccco3)nn2)CC1. The van der Waals surface area contributed by atoms with Crippen molar-refractivity contribution in [1.29, 1.82) is 0 Å². The highest BCUT2D eigenvalue weighted by molar-refractivity contribution is 7.99. The van der Waals surface area contributed by atoms with Crippen molar-refractivity contribution < 1.29 is 9.21 Å². The first kappa shape index (κ1) is 21.0. The van der Waals surface area contributed by atoms with E-state index in [1.165, 1.54) is 0 Å². The number of imidazole rings is 1. The maximum Gasteiger partial charge on any atom is 0.227 e. The van der Waals surface area contributed by atoms with Crippen molar-refractivity contribution in [2.24, 2.45) is 5.92 Å². The number of benzene rings is 1. The minimum atomic E-state index is -0.0144. The molecule has 6 rings (SSSR count). The van der Waals surface area contributed by atoms with E-state index in [1.54, 1.807) is 18.0 Å². The molecule has 0 saturated carbocycles. The summed E-state index contributed by atoms with van der Waals surface area (Å²) in [4.78, 5) is 19.7. The molecule has 0 radical (unpaired) electrons. The minimum absolute atomic E-state index is 0.0144. The van der Waals surface area contributed by atoms with Gasteiger partial charge in [-0.15, -0.1) is 10.2 Å². The molecule has 172 valence electrons. The molecule has 3 aromatic heterocycles. The van der Waals surface area contributed by atoms with Crippen LogP contribution >= 0.6 is 11.8 Å². The lowest BCUT2D eigenvalue weighted by atomic mass is 9.95. The van der Waals surface area contributed by atoms with E-state index in [9.17, 15) is 4.79 Å². The maximum absolute atomic E-state index is 12.8. The lowest BCUT2D eigenvalue weighted by Crippen LogP contribution is -2.38. The first-order valence-electron chi connectivity index (χ1n) is 11.5. The number of thioether (sulfide) groups is 1. The van der Waals surface area contributed by atoms with Crippen LogP contribution in [0.15, 0.2) is 70.6 Å². The van der Waals surface area contributed by atoms with Gasteiger partial charge in [0.05, 0.1) is 12.0 Å². The largest absolute Gasteiger partial charge is 0.463 e. The van der Waals surface area contributed by atoms with E-state index in [1.807, 2.05) is 48.5 Å². The molecule has 34 heavy (non-hydrogen) atoms. The number of carbonyl (C=O) groups is 1. The second kappa shape index (κ2) is 8.98. The monoisotopic (exact) mass is 472 g/mol. The molecule has 2 aliphatic rings. The second-order valence-corrected chi connectivity index (χ2v) is 9.59. The summed E-state index contributed by atoms with van der Waals surface area (Å²) in [7, 11) is 0. The molecular formula is C25H24N6O2S. The molecule has 1 fully saturated rings. The molecule has 8 nitrogen and oxygen atoms in total. The van der Waals surface area contributed by atoms with Gasteiger partial charge in [-0.25, -0.2) is 4.98 Å². The zero-order valence-corrected chi connectivity index (χ0v) is 19.4. The lowest BCUT2D eigenvalue weighted by molar-refractivity contribution is -0.120. The van der Waals surface area contributed by atoms with Gasteiger partial charge in [0.2, 0.25) is 5.91 Å². The molecule has 5 heterocycles. The summed E-state index contributed by atoms with van der Waals surface area (Å²) in [6.45, 7) is 2.56. The minimum Gasteiger partial charge on any atom is -0.463 e. The number of hydrogen-bond acceptors (Lipinski definition) is 7. The lowest BCUT2D eigenvalue weighted by Gasteiger charge is -2.31. The predicted molar refractivity (Wildman–Crippen MR) is 132 cm³/mol. The Morgan fingerprint density at radius 3 is 2.56 bits per heavy atom. The number of hydrogen-bond donors (Lipinski definition) is 1. The number of aryl methyl sites for hydroxylation is 1. The number of aromatic nitrogens is 4. The number of anilines is 2. The number of nitrogens with zero attached hydrogens (tertiary/aromatic N) is 5. The van der Waals surface area contributed by atoms with E-state index >= 15 is 0 Å². The quantitative estimate of drug-likeness (QED) is 0.455. The van der Waals surface area contributed by atoms with Crippen LogP contribution in [-0.4, -0.2) is 44.5 Å². The third-order valence-corrected chi connectivity index (χ3v) is 7.34. The van der Waals surface area contributed by atoms with Crippen molar-refractivity contribution in [2.45, 2.75) is 24.5 Å². The molecule has 0 unspecified atom stereocenters. The Labute approximate surface area is 201 Å². The second-order valence-electron chi connectivity index (χ2n) is 8.53. The molecule has 1 amide bonds. The standard InChI is InChI=1S/C25H24N6O2S/c32-24(26-19-5-3-17(4-6-19)21-16-31-13-15-34-25(31)27-21)18-9-11-30(12-10-18)23-8-7-20(28-29-23)22-2-1-14-33-22/h1-8,14,16,18H,9-13,15H2,(H,26,32). The van der Waals surface area contributed by atoms with Crippen molar-refractivity contribution in [1.82, 2.24) is 19.7 Å². The predicted octanol–water partition coefficient (Wildman–Crippen LogP) is 4.56. The molecule has 4 aromatic rings. The summed E-state index contributed by atoms with van der Waals surface area (Å²) in [6.07, 6.45) is 5.29. The number of nitrogens with one attached hydrogen (secondary N) is 1.